The lowest BCUT2D eigenvalue weighted by atomic mass is 10.0. The normalized spacial score (nSPS) is 14.2. The summed E-state index contributed by atoms with van der Waals surface area (Å²) in [6, 6.07) is 2.03. The predicted octanol–water partition coefficient (Wildman–Crippen LogP) is 2.35. The van der Waals surface area contributed by atoms with Gasteiger partial charge in [-0.1, -0.05) is 0 Å². The lowest BCUT2D eigenvalue weighted by Gasteiger charge is -2.25. The zero-order chi connectivity index (χ0) is 16.9. The summed E-state index contributed by atoms with van der Waals surface area (Å²) in [6.07, 6.45) is 4.31. The maximum atomic E-state index is 12.8. The number of hydrogen-bond acceptors (Lipinski definition) is 5. The fourth-order valence-electron chi connectivity index (χ4n) is 3.04. The Hall–Kier alpha value is -1.41. The van der Waals surface area contributed by atoms with Crippen molar-refractivity contribution in [1.29, 1.82) is 0 Å². The minimum Gasteiger partial charge on any atom is -0.351 e. The summed E-state index contributed by atoms with van der Waals surface area (Å²) < 4.78 is 1.73. The zero-order valence-corrected chi connectivity index (χ0v) is 17.0. The molecule has 1 saturated heterocycles. The smallest absolute Gasteiger partial charge is 0.263 e. The highest BCUT2D eigenvalue weighted by Gasteiger charge is 2.21. The van der Waals surface area contributed by atoms with E-state index in [1.54, 1.807) is 10.1 Å². The molecule has 3 rings (SSSR count). The van der Waals surface area contributed by atoms with E-state index in [2.05, 4.69) is 15.6 Å². The number of nitrogens with one attached hydrogen (secondary N) is 2. The Morgan fingerprint density at radius 2 is 2.12 bits per heavy atom. The van der Waals surface area contributed by atoms with Crippen LogP contribution in [0.5, 0.6) is 0 Å². The van der Waals surface area contributed by atoms with E-state index < -0.39 is 0 Å². The van der Waals surface area contributed by atoms with Crippen LogP contribution in [0.15, 0.2) is 27.9 Å². The SMILES string of the molecule is Cc1ccn(C2CCNCC2)c(=O)c1C(=O)NCCc1cscn1.Cl.Cl. The molecule has 144 valence electrons. The van der Waals surface area contributed by atoms with Crippen molar-refractivity contribution in [2.75, 3.05) is 19.6 Å². The Morgan fingerprint density at radius 3 is 2.77 bits per heavy atom. The third-order valence-corrected chi connectivity index (χ3v) is 5.04. The van der Waals surface area contributed by atoms with E-state index >= 15 is 0 Å². The second kappa shape index (κ2) is 10.7. The highest BCUT2D eigenvalue weighted by molar-refractivity contribution is 7.07. The number of halogens is 2. The molecule has 9 heteroatoms. The fourth-order valence-corrected chi connectivity index (χ4v) is 3.64. The Labute approximate surface area is 169 Å². The van der Waals surface area contributed by atoms with Gasteiger partial charge in [0.1, 0.15) is 5.56 Å². The Morgan fingerprint density at radius 1 is 1.38 bits per heavy atom. The maximum Gasteiger partial charge on any atom is 0.263 e. The summed E-state index contributed by atoms with van der Waals surface area (Å²) in [6.45, 7) is 4.09. The zero-order valence-electron chi connectivity index (χ0n) is 14.6. The van der Waals surface area contributed by atoms with E-state index in [9.17, 15) is 9.59 Å². The first-order chi connectivity index (χ1) is 11.7. The van der Waals surface area contributed by atoms with Crippen molar-refractivity contribution in [3.63, 3.8) is 0 Å². The third kappa shape index (κ3) is 5.30. The third-order valence-electron chi connectivity index (χ3n) is 4.41. The van der Waals surface area contributed by atoms with Crippen LogP contribution in [-0.4, -0.2) is 35.1 Å². The van der Waals surface area contributed by atoms with Gasteiger partial charge in [-0.25, -0.2) is 4.98 Å². The van der Waals surface area contributed by atoms with Crippen LogP contribution in [0.1, 0.15) is 40.5 Å². The highest BCUT2D eigenvalue weighted by Crippen LogP contribution is 2.17. The fraction of sp³-hybridized carbons (Fsp3) is 0.471. The Bertz CT molecular complexity index is 759. The van der Waals surface area contributed by atoms with Gasteiger partial charge in [0.05, 0.1) is 11.2 Å². The standard InChI is InChI=1S/C17H22N4O2S.2ClH/c1-12-5-9-21(14-3-6-18-7-4-14)17(23)15(12)16(22)19-8-2-13-10-24-11-20-13;;/h5,9-11,14,18H,2-4,6-8H2,1H3,(H,19,22);2*1H. The minimum absolute atomic E-state index is 0. The van der Waals surface area contributed by atoms with Gasteiger partial charge in [-0.2, -0.15) is 0 Å². The molecule has 2 N–H and O–H groups in total. The maximum absolute atomic E-state index is 12.8. The van der Waals surface area contributed by atoms with Crippen molar-refractivity contribution in [3.05, 3.63) is 50.3 Å². The predicted molar refractivity (Wildman–Crippen MR) is 109 cm³/mol. The largest absolute Gasteiger partial charge is 0.351 e. The molecule has 0 saturated carbocycles. The number of hydrogen-bond donors (Lipinski definition) is 2. The van der Waals surface area contributed by atoms with Gasteiger partial charge in [0, 0.05) is 30.6 Å². The van der Waals surface area contributed by atoms with Gasteiger partial charge in [-0.3, -0.25) is 9.59 Å². The molecule has 1 aliphatic heterocycles. The monoisotopic (exact) mass is 418 g/mol. The molecule has 0 spiro atoms. The number of nitrogens with zero attached hydrogens (tertiary/aromatic N) is 2. The van der Waals surface area contributed by atoms with Gasteiger partial charge in [-0.15, -0.1) is 36.2 Å². The van der Waals surface area contributed by atoms with Gasteiger partial charge in [0.25, 0.3) is 11.5 Å². The molecule has 2 aromatic heterocycles. The van der Waals surface area contributed by atoms with E-state index in [-0.39, 0.29) is 47.9 Å². The molecule has 1 fully saturated rings. The van der Waals surface area contributed by atoms with E-state index in [1.807, 2.05) is 24.6 Å². The quantitative estimate of drug-likeness (QED) is 0.780. The van der Waals surface area contributed by atoms with Crippen LogP contribution in [0.4, 0.5) is 0 Å². The van der Waals surface area contributed by atoms with Crippen molar-refractivity contribution >= 4 is 42.1 Å². The van der Waals surface area contributed by atoms with Crippen molar-refractivity contribution in [2.24, 2.45) is 0 Å². The number of thiazole rings is 1. The Kier molecular flexibility index (Phi) is 9.29. The molecular formula is C17H24Cl2N4O2S. The molecule has 0 radical (unpaired) electrons. The van der Waals surface area contributed by atoms with Crippen LogP contribution >= 0.6 is 36.2 Å². The van der Waals surface area contributed by atoms with Gasteiger partial charge in [0.15, 0.2) is 0 Å². The number of rotatable bonds is 5. The van der Waals surface area contributed by atoms with Crippen molar-refractivity contribution in [1.82, 2.24) is 20.2 Å². The summed E-state index contributed by atoms with van der Waals surface area (Å²) in [5.41, 5.74) is 3.52. The summed E-state index contributed by atoms with van der Waals surface area (Å²) in [5.74, 6) is -0.295. The first-order valence-corrected chi connectivity index (χ1v) is 9.19. The molecule has 26 heavy (non-hydrogen) atoms. The second-order valence-corrected chi connectivity index (χ2v) is 6.77. The summed E-state index contributed by atoms with van der Waals surface area (Å²) in [4.78, 5) is 29.5. The first-order valence-electron chi connectivity index (χ1n) is 8.24. The average molecular weight is 419 g/mol. The first kappa shape index (κ1) is 22.6. The van der Waals surface area contributed by atoms with Crippen LogP contribution in [0, 0.1) is 6.92 Å². The number of carbonyl (C=O) groups excluding carboxylic acids is 1. The number of carbonyl (C=O) groups is 1. The molecule has 0 atom stereocenters. The lowest BCUT2D eigenvalue weighted by molar-refractivity contribution is 0.0951. The second-order valence-electron chi connectivity index (χ2n) is 6.05. The summed E-state index contributed by atoms with van der Waals surface area (Å²) in [7, 11) is 0. The van der Waals surface area contributed by atoms with Gasteiger partial charge in [0.2, 0.25) is 0 Å². The van der Waals surface area contributed by atoms with E-state index in [0.717, 1.165) is 37.2 Å². The molecule has 1 aliphatic rings. The molecule has 1 amide bonds. The molecule has 0 bridgehead atoms. The molecule has 3 heterocycles. The number of piperidine rings is 1. The molecule has 2 aromatic rings. The number of amides is 1. The van der Waals surface area contributed by atoms with Gasteiger partial charge < -0.3 is 15.2 Å². The van der Waals surface area contributed by atoms with Crippen LogP contribution in [0.3, 0.4) is 0 Å². The average Bonchev–Trinajstić information content (AvgIpc) is 3.09. The lowest BCUT2D eigenvalue weighted by Crippen LogP contribution is -2.38. The van der Waals surface area contributed by atoms with Crippen molar-refractivity contribution in [2.45, 2.75) is 32.2 Å². The van der Waals surface area contributed by atoms with Gasteiger partial charge >= 0.3 is 0 Å². The topological polar surface area (TPSA) is 76.0 Å². The molecule has 0 aromatic carbocycles. The van der Waals surface area contributed by atoms with Crippen LogP contribution in [-0.2, 0) is 6.42 Å². The van der Waals surface area contributed by atoms with Crippen molar-refractivity contribution < 1.29 is 4.79 Å². The molecule has 6 nitrogen and oxygen atoms in total. The highest BCUT2D eigenvalue weighted by atomic mass is 35.5. The number of aryl methyl sites for hydroxylation is 1. The van der Waals surface area contributed by atoms with Crippen LogP contribution in [0.2, 0.25) is 0 Å². The van der Waals surface area contributed by atoms with Crippen LogP contribution < -0.4 is 16.2 Å². The molecular weight excluding hydrogens is 395 g/mol. The van der Waals surface area contributed by atoms with Crippen LogP contribution in [0.25, 0.3) is 0 Å². The summed E-state index contributed by atoms with van der Waals surface area (Å²) in [5, 5.41) is 8.11. The van der Waals surface area contributed by atoms with Crippen molar-refractivity contribution in [3.8, 4) is 0 Å². The summed E-state index contributed by atoms with van der Waals surface area (Å²) >= 11 is 1.54. The number of pyridine rings is 1. The number of aromatic nitrogens is 2. The van der Waals surface area contributed by atoms with E-state index in [0.29, 0.717) is 13.0 Å². The Balaban J connectivity index is 0.00000169. The molecule has 0 unspecified atom stereocenters. The van der Waals surface area contributed by atoms with E-state index in [1.165, 1.54) is 11.3 Å². The van der Waals surface area contributed by atoms with Gasteiger partial charge in [-0.05, 0) is 44.5 Å². The van der Waals surface area contributed by atoms with E-state index in [4.69, 9.17) is 0 Å². The molecule has 0 aliphatic carbocycles. The minimum atomic E-state index is -0.295.